The minimum atomic E-state index is -0.0694. The van der Waals surface area contributed by atoms with E-state index in [9.17, 15) is 0 Å². The van der Waals surface area contributed by atoms with E-state index < -0.39 is 0 Å². The highest BCUT2D eigenvalue weighted by atomic mass is 16.5. The van der Waals surface area contributed by atoms with Crippen molar-refractivity contribution >= 4 is 0 Å². The molecule has 3 atom stereocenters. The molecular formula is C14H27NO2. The smallest absolute Gasteiger partial charge is 0.129 e. The lowest BCUT2D eigenvalue weighted by Crippen LogP contribution is -2.60. The Balaban J connectivity index is 2.30. The molecule has 0 radical (unpaired) electrons. The summed E-state index contributed by atoms with van der Waals surface area (Å²) in [7, 11) is 0. The number of hydrogen-bond acceptors (Lipinski definition) is 3. The molecule has 100 valence electrons. The van der Waals surface area contributed by atoms with Crippen LogP contribution in [0.1, 0.15) is 41.0 Å². The topological polar surface area (TPSA) is 21.7 Å². The lowest BCUT2D eigenvalue weighted by molar-refractivity contribution is -0.204. The SMILES string of the molecule is CC(C)[C@H]1COCC[C@]12OC[C@@H](C)N2C(C)C. The highest BCUT2D eigenvalue weighted by Gasteiger charge is 2.54. The normalized spacial score (nSPS) is 39.7. The van der Waals surface area contributed by atoms with Gasteiger partial charge in [0.25, 0.3) is 0 Å². The Bertz CT molecular complexity index is 263. The van der Waals surface area contributed by atoms with Crippen LogP contribution in [-0.4, -0.2) is 42.5 Å². The third kappa shape index (κ3) is 2.13. The average Bonchev–Trinajstić information content (AvgIpc) is 2.56. The van der Waals surface area contributed by atoms with Crippen LogP contribution >= 0.6 is 0 Å². The van der Waals surface area contributed by atoms with Gasteiger partial charge >= 0.3 is 0 Å². The van der Waals surface area contributed by atoms with Crippen LogP contribution in [0.4, 0.5) is 0 Å². The Morgan fingerprint density at radius 3 is 2.47 bits per heavy atom. The number of hydrogen-bond donors (Lipinski definition) is 0. The largest absolute Gasteiger partial charge is 0.381 e. The lowest BCUT2D eigenvalue weighted by atomic mass is 9.81. The molecule has 0 aromatic carbocycles. The Morgan fingerprint density at radius 2 is 1.88 bits per heavy atom. The molecule has 1 spiro atoms. The zero-order chi connectivity index (χ0) is 12.6. The van der Waals surface area contributed by atoms with Crippen LogP contribution in [0, 0.1) is 11.8 Å². The minimum absolute atomic E-state index is 0.0694. The van der Waals surface area contributed by atoms with E-state index in [0.717, 1.165) is 26.2 Å². The van der Waals surface area contributed by atoms with Crippen LogP contribution in [-0.2, 0) is 9.47 Å². The molecule has 2 aliphatic heterocycles. The maximum absolute atomic E-state index is 6.29. The van der Waals surface area contributed by atoms with Crippen LogP contribution in [0.3, 0.4) is 0 Å². The third-order valence-electron chi connectivity index (χ3n) is 4.33. The molecule has 17 heavy (non-hydrogen) atoms. The van der Waals surface area contributed by atoms with E-state index in [-0.39, 0.29) is 5.72 Å². The maximum atomic E-state index is 6.29. The monoisotopic (exact) mass is 241 g/mol. The van der Waals surface area contributed by atoms with E-state index >= 15 is 0 Å². The predicted octanol–water partition coefficient (Wildman–Crippen LogP) is 2.50. The van der Waals surface area contributed by atoms with Gasteiger partial charge < -0.3 is 9.47 Å². The molecule has 0 aromatic rings. The summed E-state index contributed by atoms with van der Waals surface area (Å²) in [5.41, 5.74) is -0.0694. The molecule has 0 N–H and O–H groups in total. The maximum Gasteiger partial charge on any atom is 0.129 e. The van der Waals surface area contributed by atoms with Crippen LogP contribution in [0.2, 0.25) is 0 Å². The van der Waals surface area contributed by atoms with E-state index in [1.165, 1.54) is 0 Å². The molecule has 2 heterocycles. The van der Waals surface area contributed by atoms with E-state index in [1.807, 2.05) is 0 Å². The first-order valence-electron chi connectivity index (χ1n) is 6.99. The van der Waals surface area contributed by atoms with Gasteiger partial charge in [-0.15, -0.1) is 0 Å². The van der Waals surface area contributed by atoms with E-state index in [2.05, 4.69) is 39.5 Å². The highest BCUT2D eigenvalue weighted by molar-refractivity contribution is 4.99. The second-order valence-corrected chi connectivity index (χ2v) is 6.18. The Kier molecular flexibility index (Phi) is 3.81. The van der Waals surface area contributed by atoms with Crippen LogP contribution in [0.15, 0.2) is 0 Å². The van der Waals surface area contributed by atoms with Crippen molar-refractivity contribution in [3.05, 3.63) is 0 Å². The van der Waals surface area contributed by atoms with Gasteiger partial charge in [0, 0.05) is 24.4 Å². The lowest BCUT2D eigenvalue weighted by Gasteiger charge is -2.50. The fraction of sp³-hybridized carbons (Fsp3) is 1.00. The summed E-state index contributed by atoms with van der Waals surface area (Å²) >= 11 is 0. The van der Waals surface area contributed by atoms with Gasteiger partial charge in [-0.05, 0) is 26.7 Å². The fourth-order valence-corrected chi connectivity index (χ4v) is 3.70. The first kappa shape index (κ1) is 13.3. The Hall–Kier alpha value is -0.120. The molecule has 3 nitrogen and oxygen atoms in total. The van der Waals surface area contributed by atoms with Crippen LogP contribution in [0.25, 0.3) is 0 Å². The van der Waals surface area contributed by atoms with E-state index in [1.54, 1.807) is 0 Å². The second kappa shape index (κ2) is 4.87. The van der Waals surface area contributed by atoms with Gasteiger partial charge in [-0.3, -0.25) is 4.90 Å². The van der Waals surface area contributed by atoms with Crippen molar-refractivity contribution in [1.82, 2.24) is 4.90 Å². The summed E-state index contributed by atoms with van der Waals surface area (Å²) < 4.78 is 12.0. The minimum Gasteiger partial charge on any atom is -0.381 e. The number of rotatable bonds is 2. The first-order valence-corrected chi connectivity index (χ1v) is 6.99. The van der Waals surface area contributed by atoms with Crippen molar-refractivity contribution < 1.29 is 9.47 Å². The van der Waals surface area contributed by atoms with Crippen molar-refractivity contribution in [3.8, 4) is 0 Å². The first-order chi connectivity index (χ1) is 7.99. The molecule has 2 saturated heterocycles. The zero-order valence-corrected chi connectivity index (χ0v) is 11.9. The summed E-state index contributed by atoms with van der Waals surface area (Å²) in [5, 5.41) is 0. The predicted molar refractivity (Wildman–Crippen MR) is 68.9 cm³/mol. The van der Waals surface area contributed by atoms with E-state index in [0.29, 0.717) is 23.9 Å². The number of nitrogens with zero attached hydrogens (tertiary/aromatic N) is 1. The molecule has 0 amide bonds. The van der Waals surface area contributed by atoms with Gasteiger partial charge in [-0.2, -0.15) is 0 Å². The summed E-state index contributed by atoms with van der Waals surface area (Å²) in [6.07, 6.45) is 1.01. The van der Waals surface area contributed by atoms with Crippen molar-refractivity contribution in [2.45, 2.75) is 58.8 Å². The van der Waals surface area contributed by atoms with E-state index in [4.69, 9.17) is 9.47 Å². The zero-order valence-electron chi connectivity index (χ0n) is 11.9. The molecular weight excluding hydrogens is 214 g/mol. The molecule has 2 rings (SSSR count). The summed E-state index contributed by atoms with van der Waals surface area (Å²) in [6, 6.07) is 1.06. The third-order valence-corrected chi connectivity index (χ3v) is 4.33. The van der Waals surface area contributed by atoms with Gasteiger partial charge in [0.15, 0.2) is 0 Å². The van der Waals surface area contributed by atoms with Crippen molar-refractivity contribution in [2.24, 2.45) is 11.8 Å². The highest BCUT2D eigenvalue weighted by Crippen LogP contribution is 2.44. The molecule has 3 heteroatoms. The van der Waals surface area contributed by atoms with Gasteiger partial charge in [0.05, 0.1) is 19.8 Å². The standard InChI is InChI=1S/C14H27NO2/c1-10(2)13-9-16-7-6-14(13)15(11(3)4)12(5)8-17-14/h10-13H,6-9H2,1-5H3/t12-,13-,14+/m1/s1. The van der Waals surface area contributed by atoms with Gasteiger partial charge in [0.2, 0.25) is 0 Å². The summed E-state index contributed by atoms with van der Waals surface area (Å²) in [6.45, 7) is 13.9. The molecule has 0 bridgehead atoms. The van der Waals surface area contributed by atoms with Crippen molar-refractivity contribution in [3.63, 3.8) is 0 Å². The quantitative estimate of drug-likeness (QED) is 0.741. The molecule has 0 aromatic heterocycles. The van der Waals surface area contributed by atoms with Crippen LogP contribution < -0.4 is 0 Å². The molecule has 0 unspecified atom stereocenters. The number of ether oxygens (including phenoxy) is 2. The average molecular weight is 241 g/mol. The molecule has 2 aliphatic rings. The molecule has 0 aliphatic carbocycles. The van der Waals surface area contributed by atoms with Crippen LogP contribution in [0.5, 0.6) is 0 Å². The van der Waals surface area contributed by atoms with Gasteiger partial charge in [-0.1, -0.05) is 13.8 Å². The summed E-state index contributed by atoms with van der Waals surface area (Å²) in [5.74, 6) is 1.09. The Morgan fingerprint density at radius 1 is 1.18 bits per heavy atom. The fourth-order valence-electron chi connectivity index (χ4n) is 3.70. The second-order valence-electron chi connectivity index (χ2n) is 6.18. The van der Waals surface area contributed by atoms with Gasteiger partial charge in [-0.25, -0.2) is 0 Å². The Labute approximate surface area is 105 Å². The van der Waals surface area contributed by atoms with Crippen molar-refractivity contribution in [2.75, 3.05) is 19.8 Å². The summed E-state index contributed by atoms with van der Waals surface area (Å²) in [4.78, 5) is 2.58. The molecule has 0 saturated carbocycles. The van der Waals surface area contributed by atoms with Crippen molar-refractivity contribution in [1.29, 1.82) is 0 Å². The van der Waals surface area contributed by atoms with Gasteiger partial charge in [0.1, 0.15) is 5.72 Å². The molecule has 2 fully saturated rings.